The zero-order chi connectivity index (χ0) is 13.0. The number of aromatic nitrogens is 2. The van der Waals surface area contributed by atoms with E-state index in [2.05, 4.69) is 33.6 Å². The summed E-state index contributed by atoms with van der Waals surface area (Å²) in [6, 6.07) is 0. The van der Waals surface area contributed by atoms with E-state index in [4.69, 9.17) is 4.74 Å². The number of nitrogens with one attached hydrogen (secondary N) is 1. The first-order valence-electron chi connectivity index (χ1n) is 6.58. The Morgan fingerprint density at radius 3 is 2.72 bits per heavy atom. The van der Waals surface area contributed by atoms with Crippen LogP contribution in [0.4, 0.5) is 0 Å². The molecule has 1 aromatic rings. The zero-order valence-corrected chi connectivity index (χ0v) is 11.6. The fourth-order valence-electron chi connectivity index (χ4n) is 2.33. The van der Waals surface area contributed by atoms with Gasteiger partial charge in [-0.2, -0.15) is 0 Å². The molecule has 1 fully saturated rings. The lowest BCUT2D eigenvalue weighted by Crippen LogP contribution is -2.54. The van der Waals surface area contributed by atoms with Gasteiger partial charge in [-0.3, -0.25) is 4.90 Å². The molecule has 5 nitrogen and oxygen atoms in total. The van der Waals surface area contributed by atoms with Crippen molar-refractivity contribution >= 4 is 0 Å². The second kappa shape index (κ2) is 5.82. The minimum atomic E-state index is 0.169. The van der Waals surface area contributed by atoms with Crippen LogP contribution >= 0.6 is 0 Å². The van der Waals surface area contributed by atoms with Crippen molar-refractivity contribution in [2.45, 2.75) is 25.9 Å². The molecule has 0 atom stereocenters. The van der Waals surface area contributed by atoms with Crippen LogP contribution in [0, 0.1) is 0 Å². The van der Waals surface area contributed by atoms with Gasteiger partial charge in [-0.25, -0.2) is 4.98 Å². The number of rotatable bonds is 5. The van der Waals surface area contributed by atoms with Crippen molar-refractivity contribution in [2.75, 3.05) is 32.8 Å². The molecule has 1 aliphatic heterocycles. The van der Waals surface area contributed by atoms with E-state index in [0.29, 0.717) is 0 Å². The third kappa shape index (κ3) is 3.31. The van der Waals surface area contributed by atoms with E-state index >= 15 is 0 Å². The minimum Gasteiger partial charge on any atom is -0.379 e. The van der Waals surface area contributed by atoms with Crippen molar-refractivity contribution in [1.29, 1.82) is 0 Å². The second-order valence-corrected chi connectivity index (χ2v) is 5.51. The van der Waals surface area contributed by atoms with E-state index in [1.54, 1.807) is 0 Å². The molecule has 5 heteroatoms. The number of morpholine rings is 1. The average molecular weight is 252 g/mol. The Kier molecular flexibility index (Phi) is 4.37. The molecule has 2 rings (SSSR count). The monoisotopic (exact) mass is 252 g/mol. The molecule has 0 amide bonds. The highest BCUT2D eigenvalue weighted by Crippen LogP contribution is 2.15. The molecule has 2 heterocycles. The lowest BCUT2D eigenvalue weighted by molar-refractivity contribution is -0.00970. The van der Waals surface area contributed by atoms with Gasteiger partial charge in [-0.1, -0.05) is 0 Å². The summed E-state index contributed by atoms with van der Waals surface area (Å²) in [7, 11) is 2.02. The highest BCUT2D eigenvalue weighted by molar-refractivity contribution is 4.97. The lowest BCUT2D eigenvalue weighted by atomic mass is 10.0. The molecule has 1 saturated heterocycles. The maximum Gasteiger partial charge on any atom is 0.0945 e. The van der Waals surface area contributed by atoms with Crippen LogP contribution in [0.15, 0.2) is 12.5 Å². The fourth-order valence-corrected chi connectivity index (χ4v) is 2.33. The number of ether oxygens (including phenoxy) is 1. The number of nitrogens with zero attached hydrogens (tertiary/aromatic N) is 3. The van der Waals surface area contributed by atoms with Gasteiger partial charge in [0.05, 0.1) is 25.2 Å². The number of imidazole rings is 1. The summed E-state index contributed by atoms with van der Waals surface area (Å²) >= 11 is 0. The van der Waals surface area contributed by atoms with Crippen LogP contribution in [-0.4, -0.2) is 52.8 Å². The largest absolute Gasteiger partial charge is 0.379 e. The Hall–Kier alpha value is -0.910. The van der Waals surface area contributed by atoms with Gasteiger partial charge in [0.15, 0.2) is 0 Å². The summed E-state index contributed by atoms with van der Waals surface area (Å²) in [6.45, 7) is 10.2. The quantitative estimate of drug-likeness (QED) is 0.834. The van der Waals surface area contributed by atoms with Crippen LogP contribution in [0.3, 0.4) is 0 Å². The predicted molar refractivity (Wildman–Crippen MR) is 71.4 cm³/mol. The molecule has 18 heavy (non-hydrogen) atoms. The van der Waals surface area contributed by atoms with Crippen LogP contribution in [0.2, 0.25) is 0 Å². The van der Waals surface area contributed by atoms with Crippen molar-refractivity contribution in [3.05, 3.63) is 18.2 Å². The molecule has 0 spiro atoms. The topological polar surface area (TPSA) is 42.3 Å². The first kappa shape index (κ1) is 13.5. The van der Waals surface area contributed by atoms with E-state index in [9.17, 15) is 0 Å². The molecule has 1 aromatic heterocycles. The number of hydrogen-bond acceptors (Lipinski definition) is 4. The Balaban J connectivity index is 1.79. The summed E-state index contributed by atoms with van der Waals surface area (Å²) in [5.41, 5.74) is 1.38. The molecular weight excluding hydrogens is 228 g/mol. The molecule has 0 saturated carbocycles. The Bertz CT molecular complexity index is 369. The first-order valence-corrected chi connectivity index (χ1v) is 6.58. The average Bonchev–Trinajstić information content (AvgIpc) is 2.76. The first-order chi connectivity index (χ1) is 8.59. The summed E-state index contributed by atoms with van der Waals surface area (Å²) in [5, 5.41) is 3.52. The number of hydrogen-bond donors (Lipinski definition) is 1. The standard InChI is InChI=1S/C13H24N4O/c1-13(2,17-4-6-18-7-5-17)10-14-8-12-9-15-11-16(12)3/h9,11,14H,4-8,10H2,1-3H3. The van der Waals surface area contributed by atoms with E-state index in [1.165, 1.54) is 5.69 Å². The Labute approximate surface area is 109 Å². The van der Waals surface area contributed by atoms with E-state index < -0.39 is 0 Å². The van der Waals surface area contributed by atoms with Gasteiger partial charge in [0.2, 0.25) is 0 Å². The van der Waals surface area contributed by atoms with Gasteiger partial charge in [-0.05, 0) is 13.8 Å². The summed E-state index contributed by atoms with van der Waals surface area (Å²) in [4.78, 5) is 6.62. The van der Waals surface area contributed by atoms with Crippen LogP contribution < -0.4 is 5.32 Å². The smallest absolute Gasteiger partial charge is 0.0945 e. The lowest BCUT2D eigenvalue weighted by Gasteiger charge is -2.41. The van der Waals surface area contributed by atoms with Gasteiger partial charge in [0, 0.05) is 45.0 Å². The van der Waals surface area contributed by atoms with Gasteiger partial charge in [-0.15, -0.1) is 0 Å². The van der Waals surface area contributed by atoms with E-state index in [1.807, 2.05) is 19.6 Å². The van der Waals surface area contributed by atoms with Crippen LogP contribution in [0.25, 0.3) is 0 Å². The highest BCUT2D eigenvalue weighted by atomic mass is 16.5. The van der Waals surface area contributed by atoms with Gasteiger partial charge in [0.1, 0.15) is 0 Å². The maximum absolute atomic E-state index is 5.40. The van der Waals surface area contributed by atoms with Gasteiger partial charge in [0.25, 0.3) is 0 Å². The zero-order valence-electron chi connectivity index (χ0n) is 11.6. The summed E-state index contributed by atoms with van der Waals surface area (Å²) < 4.78 is 7.45. The van der Waals surface area contributed by atoms with Crippen molar-refractivity contribution in [1.82, 2.24) is 19.8 Å². The fraction of sp³-hybridized carbons (Fsp3) is 0.769. The van der Waals surface area contributed by atoms with Gasteiger partial charge >= 0.3 is 0 Å². The number of aryl methyl sites for hydroxylation is 1. The summed E-state index contributed by atoms with van der Waals surface area (Å²) in [5.74, 6) is 0. The molecule has 0 aliphatic carbocycles. The van der Waals surface area contributed by atoms with Crippen LogP contribution in [0.1, 0.15) is 19.5 Å². The summed E-state index contributed by atoms with van der Waals surface area (Å²) in [6.07, 6.45) is 3.75. The second-order valence-electron chi connectivity index (χ2n) is 5.51. The SMILES string of the molecule is Cn1cncc1CNCC(C)(C)N1CCOCC1. The molecule has 0 aromatic carbocycles. The molecule has 0 unspecified atom stereocenters. The van der Waals surface area contributed by atoms with Gasteiger partial charge < -0.3 is 14.6 Å². The minimum absolute atomic E-state index is 0.169. The van der Waals surface area contributed by atoms with Crippen molar-refractivity contribution in [3.8, 4) is 0 Å². The van der Waals surface area contributed by atoms with Crippen LogP contribution in [0.5, 0.6) is 0 Å². The molecule has 102 valence electrons. The molecule has 1 aliphatic rings. The van der Waals surface area contributed by atoms with E-state index in [-0.39, 0.29) is 5.54 Å². The third-order valence-corrected chi connectivity index (χ3v) is 3.65. The molecule has 0 radical (unpaired) electrons. The Morgan fingerprint density at radius 1 is 1.39 bits per heavy atom. The van der Waals surface area contributed by atoms with Crippen molar-refractivity contribution < 1.29 is 4.74 Å². The highest BCUT2D eigenvalue weighted by Gasteiger charge is 2.27. The van der Waals surface area contributed by atoms with Crippen molar-refractivity contribution in [3.63, 3.8) is 0 Å². The van der Waals surface area contributed by atoms with Crippen molar-refractivity contribution in [2.24, 2.45) is 7.05 Å². The molecular formula is C13H24N4O. The maximum atomic E-state index is 5.40. The Morgan fingerprint density at radius 2 is 2.11 bits per heavy atom. The van der Waals surface area contributed by atoms with E-state index in [0.717, 1.165) is 39.4 Å². The third-order valence-electron chi connectivity index (χ3n) is 3.65. The normalized spacial score (nSPS) is 18.2. The van der Waals surface area contributed by atoms with Crippen LogP contribution in [-0.2, 0) is 18.3 Å². The molecule has 0 bridgehead atoms. The molecule has 1 N–H and O–H groups in total. The predicted octanol–water partition coefficient (Wildman–Crippen LogP) is 0.621.